The number of fused-ring (bicyclic) bond motifs is 2. The fraction of sp³-hybridized carbons (Fsp3) is 0.600. The Labute approximate surface area is 119 Å². The number of rotatable bonds is 9. The van der Waals surface area contributed by atoms with Gasteiger partial charge in [-0.1, -0.05) is 18.2 Å². The summed E-state index contributed by atoms with van der Waals surface area (Å²) in [5.41, 5.74) is 0. The van der Waals surface area contributed by atoms with Gasteiger partial charge in [0.1, 0.15) is 24.4 Å². The predicted molar refractivity (Wildman–Crippen MR) is 74.4 cm³/mol. The lowest BCUT2D eigenvalue weighted by atomic mass is 10.0. The molecule has 2 aliphatic heterocycles. The van der Waals surface area contributed by atoms with E-state index in [1.54, 1.807) is 18.2 Å². The van der Waals surface area contributed by atoms with Crippen molar-refractivity contribution in [1.82, 2.24) is 0 Å². The Morgan fingerprint density at radius 3 is 2.00 bits per heavy atom. The quantitative estimate of drug-likeness (QED) is 0.599. The SMILES string of the molecule is C=CCO[C@H]1[C@@H](OCC=C)[C@H]2CO[C@H](O2)[C@@H]1OCC=C. The summed E-state index contributed by atoms with van der Waals surface area (Å²) < 4.78 is 28.8. The molecule has 0 aromatic rings. The van der Waals surface area contributed by atoms with Gasteiger partial charge in [0.15, 0.2) is 6.29 Å². The summed E-state index contributed by atoms with van der Waals surface area (Å²) in [7, 11) is 0. The Morgan fingerprint density at radius 1 is 0.850 bits per heavy atom. The first-order valence-electron chi connectivity index (χ1n) is 6.76. The molecule has 5 nitrogen and oxygen atoms in total. The van der Waals surface area contributed by atoms with Crippen LogP contribution in [-0.2, 0) is 23.7 Å². The highest BCUT2D eigenvalue weighted by Crippen LogP contribution is 2.33. The summed E-state index contributed by atoms with van der Waals surface area (Å²) in [6, 6.07) is 0. The van der Waals surface area contributed by atoms with Gasteiger partial charge < -0.3 is 23.7 Å². The van der Waals surface area contributed by atoms with Crippen molar-refractivity contribution in [3.8, 4) is 0 Å². The molecule has 0 N–H and O–H groups in total. The van der Waals surface area contributed by atoms with E-state index in [1.165, 1.54) is 0 Å². The Morgan fingerprint density at radius 2 is 1.40 bits per heavy atom. The van der Waals surface area contributed by atoms with Gasteiger partial charge in [0, 0.05) is 0 Å². The van der Waals surface area contributed by atoms with Crippen molar-refractivity contribution < 1.29 is 23.7 Å². The van der Waals surface area contributed by atoms with Gasteiger partial charge >= 0.3 is 0 Å². The van der Waals surface area contributed by atoms with E-state index in [-0.39, 0.29) is 24.4 Å². The molecule has 0 aliphatic carbocycles. The Bertz CT molecular complexity index is 317. The molecule has 0 spiro atoms. The molecule has 5 heteroatoms. The Balaban J connectivity index is 2.10. The average molecular weight is 282 g/mol. The topological polar surface area (TPSA) is 46.2 Å². The minimum absolute atomic E-state index is 0.140. The molecule has 112 valence electrons. The van der Waals surface area contributed by atoms with E-state index in [0.717, 1.165) is 0 Å². The van der Waals surface area contributed by atoms with Gasteiger partial charge in [0.05, 0.1) is 26.4 Å². The second-order valence-electron chi connectivity index (χ2n) is 4.64. The molecule has 0 radical (unpaired) electrons. The molecule has 0 aromatic heterocycles. The summed E-state index contributed by atoms with van der Waals surface area (Å²) in [6.07, 6.45) is 3.67. The smallest absolute Gasteiger partial charge is 0.187 e. The van der Waals surface area contributed by atoms with Crippen LogP contribution in [0.5, 0.6) is 0 Å². The van der Waals surface area contributed by atoms with E-state index in [9.17, 15) is 0 Å². The first kappa shape index (κ1) is 15.4. The van der Waals surface area contributed by atoms with E-state index < -0.39 is 6.29 Å². The maximum Gasteiger partial charge on any atom is 0.187 e. The van der Waals surface area contributed by atoms with Crippen LogP contribution in [0, 0.1) is 0 Å². The van der Waals surface area contributed by atoms with Crippen molar-refractivity contribution in [1.29, 1.82) is 0 Å². The Kier molecular flexibility index (Phi) is 5.94. The molecule has 2 bridgehead atoms. The van der Waals surface area contributed by atoms with Gasteiger partial charge in [0.25, 0.3) is 0 Å². The molecule has 0 saturated carbocycles. The van der Waals surface area contributed by atoms with Gasteiger partial charge in [-0.2, -0.15) is 0 Å². The highest BCUT2D eigenvalue weighted by molar-refractivity contribution is 4.97. The van der Waals surface area contributed by atoms with Gasteiger partial charge in [-0.25, -0.2) is 0 Å². The third-order valence-electron chi connectivity index (χ3n) is 3.24. The molecule has 5 atom stereocenters. The molecule has 2 heterocycles. The summed E-state index contributed by atoms with van der Waals surface area (Å²) in [4.78, 5) is 0. The second kappa shape index (κ2) is 7.71. The van der Waals surface area contributed by atoms with Crippen molar-refractivity contribution >= 4 is 0 Å². The summed E-state index contributed by atoms with van der Waals surface area (Å²) in [5, 5.41) is 0. The van der Waals surface area contributed by atoms with Crippen molar-refractivity contribution in [3.05, 3.63) is 38.0 Å². The molecule has 2 rings (SSSR count). The first-order valence-corrected chi connectivity index (χ1v) is 6.76. The van der Waals surface area contributed by atoms with Crippen LogP contribution in [-0.4, -0.2) is 57.1 Å². The van der Waals surface area contributed by atoms with Crippen molar-refractivity contribution in [2.75, 3.05) is 26.4 Å². The molecular formula is C15H22O5. The summed E-state index contributed by atoms with van der Waals surface area (Å²) in [6.45, 7) is 12.7. The maximum atomic E-state index is 5.84. The maximum absolute atomic E-state index is 5.84. The number of ether oxygens (including phenoxy) is 5. The minimum Gasteiger partial charge on any atom is -0.369 e. The van der Waals surface area contributed by atoms with Crippen LogP contribution in [0.1, 0.15) is 0 Å². The highest BCUT2D eigenvalue weighted by atomic mass is 16.8. The van der Waals surface area contributed by atoms with Gasteiger partial charge in [-0.3, -0.25) is 0 Å². The first-order chi connectivity index (χ1) is 9.81. The van der Waals surface area contributed by atoms with Gasteiger partial charge in [0.2, 0.25) is 0 Å². The van der Waals surface area contributed by atoms with E-state index >= 15 is 0 Å². The van der Waals surface area contributed by atoms with Gasteiger partial charge in [-0.05, 0) is 0 Å². The fourth-order valence-electron chi connectivity index (χ4n) is 2.44. The van der Waals surface area contributed by atoms with Crippen LogP contribution < -0.4 is 0 Å². The van der Waals surface area contributed by atoms with Crippen molar-refractivity contribution in [2.24, 2.45) is 0 Å². The van der Waals surface area contributed by atoms with Crippen LogP contribution in [0.15, 0.2) is 38.0 Å². The average Bonchev–Trinajstić information content (AvgIpc) is 2.89. The predicted octanol–water partition coefficient (Wildman–Crippen LogP) is 1.46. The number of hydrogen-bond donors (Lipinski definition) is 0. The van der Waals surface area contributed by atoms with Crippen LogP contribution in [0.3, 0.4) is 0 Å². The third kappa shape index (κ3) is 3.37. The Hall–Kier alpha value is -0.980. The van der Waals surface area contributed by atoms with Gasteiger partial charge in [-0.15, -0.1) is 19.7 Å². The van der Waals surface area contributed by atoms with Crippen molar-refractivity contribution in [3.63, 3.8) is 0 Å². The van der Waals surface area contributed by atoms with E-state index in [2.05, 4.69) is 19.7 Å². The standard InChI is InChI=1S/C15H22O5/c1-4-7-16-12-11-10-19-15(20-11)14(18-9-6-3)13(12)17-8-5-2/h4-6,11-15H,1-3,7-10H2/t11-,12+,13+,14-,15-/m1/s1. The second-order valence-corrected chi connectivity index (χ2v) is 4.64. The summed E-state index contributed by atoms with van der Waals surface area (Å²) >= 11 is 0. The van der Waals surface area contributed by atoms with Crippen LogP contribution in [0.2, 0.25) is 0 Å². The zero-order valence-corrected chi connectivity index (χ0v) is 11.6. The van der Waals surface area contributed by atoms with E-state index in [0.29, 0.717) is 26.4 Å². The number of hydrogen-bond acceptors (Lipinski definition) is 5. The zero-order chi connectivity index (χ0) is 14.4. The summed E-state index contributed by atoms with van der Waals surface area (Å²) in [5.74, 6) is 0. The van der Waals surface area contributed by atoms with E-state index in [4.69, 9.17) is 23.7 Å². The highest BCUT2D eigenvalue weighted by Gasteiger charge is 2.52. The third-order valence-corrected chi connectivity index (χ3v) is 3.24. The molecule has 0 aromatic carbocycles. The lowest BCUT2D eigenvalue weighted by Gasteiger charge is -2.40. The lowest BCUT2D eigenvalue weighted by molar-refractivity contribution is -0.256. The van der Waals surface area contributed by atoms with Crippen LogP contribution >= 0.6 is 0 Å². The molecule has 2 aliphatic rings. The zero-order valence-electron chi connectivity index (χ0n) is 11.6. The van der Waals surface area contributed by atoms with E-state index in [1.807, 2.05) is 0 Å². The van der Waals surface area contributed by atoms with Crippen LogP contribution in [0.4, 0.5) is 0 Å². The largest absolute Gasteiger partial charge is 0.369 e. The molecule has 2 fully saturated rings. The molecule has 2 saturated heterocycles. The van der Waals surface area contributed by atoms with Crippen molar-refractivity contribution in [2.45, 2.75) is 30.7 Å². The normalized spacial score (nSPS) is 35.7. The molecular weight excluding hydrogens is 260 g/mol. The molecule has 0 amide bonds. The molecule has 0 unspecified atom stereocenters. The monoisotopic (exact) mass is 282 g/mol. The molecule has 20 heavy (non-hydrogen) atoms. The lowest BCUT2D eigenvalue weighted by Crippen LogP contribution is -2.57. The van der Waals surface area contributed by atoms with Crippen LogP contribution in [0.25, 0.3) is 0 Å². The fourth-order valence-corrected chi connectivity index (χ4v) is 2.44. The minimum atomic E-state index is -0.418.